The lowest BCUT2D eigenvalue weighted by Gasteiger charge is -1.83. The van der Waals surface area contributed by atoms with Crippen LogP contribution in [0.5, 0.6) is 0 Å². The Morgan fingerprint density at radius 3 is 1.36 bits per heavy atom. The van der Waals surface area contributed by atoms with Crippen molar-refractivity contribution in [3.63, 3.8) is 0 Å². The molecule has 2 aromatic carbocycles. The number of hydrogen-bond donors (Lipinski definition) is 2. The Kier molecular flexibility index (Phi) is 4.65. The van der Waals surface area contributed by atoms with Gasteiger partial charge < -0.3 is 5.73 Å². The molecule has 0 saturated heterocycles. The second-order valence-electron chi connectivity index (χ2n) is 2.75. The molecule has 0 fully saturated rings. The van der Waals surface area contributed by atoms with Crippen molar-refractivity contribution >= 4 is 18.3 Å². The van der Waals surface area contributed by atoms with Crippen LogP contribution in [0.15, 0.2) is 65.6 Å². The zero-order chi connectivity index (χ0) is 10.2. The highest BCUT2D eigenvalue weighted by Gasteiger charge is 1.73. The van der Waals surface area contributed by atoms with Gasteiger partial charge in [0.05, 0.1) is 0 Å². The zero-order valence-corrected chi connectivity index (χ0v) is 8.69. The smallest absolute Gasteiger partial charge is 0.0313 e. The normalized spacial score (nSPS) is 8.64. The molecule has 0 bridgehead atoms. The molecule has 14 heavy (non-hydrogen) atoms. The molecule has 0 unspecified atom stereocenters. The SMILES string of the molecule is Nc1ccccc1.Sc1ccccc1. The van der Waals surface area contributed by atoms with Gasteiger partial charge in [0.25, 0.3) is 0 Å². The molecule has 2 aromatic rings. The van der Waals surface area contributed by atoms with E-state index < -0.39 is 0 Å². The molecule has 0 spiro atoms. The van der Waals surface area contributed by atoms with E-state index in [1.807, 2.05) is 60.7 Å². The van der Waals surface area contributed by atoms with E-state index in [1.165, 1.54) is 0 Å². The molecule has 0 atom stereocenters. The fraction of sp³-hybridized carbons (Fsp3) is 0. The zero-order valence-electron chi connectivity index (χ0n) is 7.80. The number of hydrogen-bond acceptors (Lipinski definition) is 2. The Morgan fingerprint density at radius 1 is 0.714 bits per heavy atom. The molecule has 0 aliphatic heterocycles. The van der Waals surface area contributed by atoms with E-state index in [0.29, 0.717) is 0 Å². The molecule has 72 valence electrons. The van der Waals surface area contributed by atoms with Gasteiger partial charge in [-0.25, -0.2) is 0 Å². The molecule has 0 amide bonds. The van der Waals surface area contributed by atoms with Gasteiger partial charge in [-0.05, 0) is 24.3 Å². The first-order chi connectivity index (χ1) is 6.79. The molecule has 0 aliphatic rings. The predicted octanol–water partition coefficient (Wildman–Crippen LogP) is 3.24. The van der Waals surface area contributed by atoms with Crippen LogP contribution in [0, 0.1) is 0 Å². The molecular formula is C12H13NS. The maximum absolute atomic E-state index is 5.36. The van der Waals surface area contributed by atoms with Crippen LogP contribution in [0.3, 0.4) is 0 Å². The number of anilines is 1. The van der Waals surface area contributed by atoms with Gasteiger partial charge in [0.2, 0.25) is 0 Å². The van der Waals surface area contributed by atoms with Crippen LogP contribution in [-0.2, 0) is 0 Å². The third-order valence-corrected chi connectivity index (χ3v) is 1.85. The van der Waals surface area contributed by atoms with Crippen LogP contribution in [0.2, 0.25) is 0 Å². The average Bonchev–Trinajstić information content (AvgIpc) is 2.21. The number of rotatable bonds is 0. The van der Waals surface area contributed by atoms with Crippen molar-refractivity contribution in [1.29, 1.82) is 0 Å². The second-order valence-corrected chi connectivity index (χ2v) is 3.26. The lowest BCUT2D eigenvalue weighted by atomic mass is 10.3. The van der Waals surface area contributed by atoms with Crippen LogP contribution < -0.4 is 5.73 Å². The van der Waals surface area contributed by atoms with Crippen molar-refractivity contribution in [3.05, 3.63) is 60.7 Å². The van der Waals surface area contributed by atoms with Gasteiger partial charge in [-0.15, -0.1) is 12.6 Å². The Bertz CT molecular complexity index is 308. The summed E-state index contributed by atoms with van der Waals surface area (Å²) in [5, 5.41) is 0. The first-order valence-corrected chi connectivity index (χ1v) is 4.78. The van der Waals surface area contributed by atoms with Crippen molar-refractivity contribution in [2.45, 2.75) is 4.90 Å². The Hall–Kier alpha value is -1.41. The molecule has 2 heteroatoms. The van der Waals surface area contributed by atoms with Crippen LogP contribution >= 0.6 is 12.6 Å². The van der Waals surface area contributed by atoms with Crippen molar-refractivity contribution in [2.75, 3.05) is 5.73 Å². The van der Waals surface area contributed by atoms with E-state index in [0.717, 1.165) is 10.6 Å². The van der Waals surface area contributed by atoms with E-state index >= 15 is 0 Å². The van der Waals surface area contributed by atoms with Crippen LogP contribution in [0.4, 0.5) is 5.69 Å². The Morgan fingerprint density at radius 2 is 1.14 bits per heavy atom. The Balaban J connectivity index is 0.000000140. The number of nitrogens with two attached hydrogens (primary N) is 1. The summed E-state index contributed by atoms with van der Waals surface area (Å²) >= 11 is 4.08. The maximum atomic E-state index is 5.36. The summed E-state index contributed by atoms with van der Waals surface area (Å²) in [6.45, 7) is 0. The molecule has 0 radical (unpaired) electrons. The van der Waals surface area contributed by atoms with Gasteiger partial charge in [0, 0.05) is 10.6 Å². The quantitative estimate of drug-likeness (QED) is 0.499. The van der Waals surface area contributed by atoms with Crippen LogP contribution in [-0.4, -0.2) is 0 Å². The van der Waals surface area contributed by atoms with Crippen LogP contribution in [0.1, 0.15) is 0 Å². The Labute approximate surface area is 90.0 Å². The van der Waals surface area contributed by atoms with E-state index in [9.17, 15) is 0 Å². The summed E-state index contributed by atoms with van der Waals surface area (Å²) in [6.07, 6.45) is 0. The van der Waals surface area contributed by atoms with E-state index in [1.54, 1.807) is 0 Å². The van der Waals surface area contributed by atoms with Crippen molar-refractivity contribution in [1.82, 2.24) is 0 Å². The summed E-state index contributed by atoms with van der Waals surface area (Å²) in [4.78, 5) is 1.02. The lowest BCUT2D eigenvalue weighted by Crippen LogP contribution is -1.79. The summed E-state index contributed by atoms with van der Waals surface area (Å²) in [7, 11) is 0. The minimum absolute atomic E-state index is 0.822. The standard InChI is InChI=1S/C6H7N.C6H6S/c2*7-6-4-2-1-3-5-6/h1-5H,7H2;1-5,7H. The van der Waals surface area contributed by atoms with Crippen molar-refractivity contribution in [2.24, 2.45) is 0 Å². The van der Waals surface area contributed by atoms with E-state index in [2.05, 4.69) is 12.6 Å². The summed E-state index contributed by atoms with van der Waals surface area (Å²) in [5.41, 5.74) is 6.18. The molecule has 0 aliphatic carbocycles. The number of nitrogen functional groups attached to an aromatic ring is 1. The fourth-order valence-electron chi connectivity index (χ4n) is 0.881. The monoisotopic (exact) mass is 203 g/mol. The maximum Gasteiger partial charge on any atom is 0.0313 e. The third-order valence-electron chi connectivity index (χ3n) is 1.56. The van der Waals surface area contributed by atoms with Crippen molar-refractivity contribution < 1.29 is 0 Å². The average molecular weight is 203 g/mol. The largest absolute Gasteiger partial charge is 0.399 e. The summed E-state index contributed by atoms with van der Waals surface area (Å²) in [5.74, 6) is 0. The first kappa shape index (κ1) is 10.7. The number of benzene rings is 2. The number of thiol groups is 1. The molecule has 0 saturated carbocycles. The van der Waals surface area contributed by atoms with Gasteiger partial charge in [-0.1, -0.05) is 36.4 Å². The first-order valence-electron chi connectivity index (χ1n) is 4.33. The molecule has 2 rings (SSSR count). The van der Waals surface area contributed by atoms with Crippen molar-refractivity contribution in [3.8, 4) is 0 Å². The van der Waals surface area contributed by atoms with Gasteiger partial charge in [-0.2, -0.15) is 0 Å². The molecule has 1 nitrogen and oxygen atoms in total. The van der Waals surface area contributed by atoms with Gasteiger partial charge in [0.15, 0.2) is 0 Å². The van der Waals surface area contributed by atoms with Gasteiger partial charge in [0.1, 0.15) is 0 Å². The minimum Gasteiger partial charge on any atom is -0.399 e. The molecule has 0 heterocycles. The highest BCUT2D eigenvalue weighted by Crippen LogP contribution is 2.00. The topological polar surface area (TPSA) is 26.0 Å². The lowest BCUT2D eigenvalue weighted by molar-refractivity contribution is 1.48. The number of para-hydroxylation sites is 1. The van der Waals surface area contributed by atoms with E-state index in [4.69, 9.17) is 5.73 Å². The van der Waals surface area contributed by atoms with Gasteiger partial charge >= 0.3 is 0 Å². The van der Waals surface area contributed by atoms with E-state index in [-0.39, 0.29) is 0 Å². The second kappa shape index (κ2) is 6.11. The highest BCUT2D eigenvalue weighted by molar-refractivity contribution is 7.80. The third kappa shape index (κ3) is 4.58. The summed E-state index contributed by atoms with van der Waals surface area (Å²) < 4.78 is 0. The minimum atomic E-state index is 0.822. The molecular weight excluding hydrogens is 190 g/mol. The summed E-state index contributed by atoms with van der Waals surface area (Å²) in [6, 6.07) is 19.3. The fourth-order valence-corrected chi connectivity index (χ4v) is 1.05. The van der Waals surface area contributed by atoms with Gasteiger partial charge in [-0.3, -0.25) is 0 Å². The predicted molar refractivity (Wildman–Crippen MR) is 64.5 cm³/mol. The van der Waals surface area contributed by atoms with Crippen LogP contribution in [0.25, 0.3) is 0 Å². The molecule has 2 N–H and O–H groups in total. The molecule has 0 aromatic heterocycles. The highest BCUT2D eigenvalue weighted by atomic mass is 32.1.